The van der Waals surface area contributed by atoms with Gasteiger partial charge in [0.15, 0.2) is 0 Å². The Balaban J connectivity index is 1.69. The van der Waals surface area contributed by atoms with Gasteiger partial charge in [0.05, 0.1) is 19.1 Å². The Hall–Kier alpha value is -3.80. The van der Waals surface area contributed by atoms with Crippen LogP contribution >= 0.6 is 0 Å². The van der Waals surface area contributed by atoms with Crippen molar-refractivity contribution in [2.75, 3.05) is 6.61 Å². The van der Waals surface area contributed by atoms with E-state index in [1.165, 1.54) is 0 Å². The van der Waals surface area contributed by atoms with E-state index >= 15 is 0 Å². The molecule has 1 saturated heterocycles. The topological polar surface area (TPSA) is 73.9 Å². The summed E-state index contributed by atoms with van der Waals surface area (Å²) >= 11 is 0. The summed E-state index contributed by atoms with van der Waals surface area (Å²) in [7, 11) is 0. The summed E-state index contributed by atoms with van der Waals surface area (Å²) in [5.41, 5.74) is 2.35. The molecule has 0 radical (unpaired) electrons. The molecule has 4 rings (SSSR count). The minimum Gasteiger partial charge on any atom is -0.465 e. The maximum Gasteiger partial charge on any atom is 0.408 e. The van der Waals surface area contributed by atoms with Gasteiger partial charge in [-0.15, -0.1) is 0 Å². The zero-order valence-corrected chi connectivity index (χ0v) is 21.0. The summed E-state index contributed by atoms with van der Waals surface area (Å²) in [6, 6.07) is 25.2. The van der Waals surface area contributed by atoms with Crippen LogP contribution in [0.5, 0.6) is 11.5 Å². The van der Waals surface area contributed by atoms with Crippen LogP contribution in [0.3, 0.4) is 0 Å². The SMILES string of the molecule is CC(C)(C)OC(=O)N[C@@H](Cc1ccccc1)c1cc(C[C@@H]2COC(=O)C2)ccc1Oc1ccccc1. The molecule has 0 aromatic heterocycles. The first-order valence-corrected chi connectivity index (χ1v) is 12.3. The van der Waals surface area contributed by atoms with Gasteiger partial charge < -0.3 is 19.5 Å². The molecule has 6 heteroatoms. The summed E-state index contributed by atoms with van der Waals surface area (Å²) < 4.78 is 17.0. The fraction of sp³-hybridized carbons (Fsp3) is 0.333. The molecule has 188 valence electrons. The van der Waals surface area contributed by atoms with Crippen LogP contribution in [0, 0.1) is 5.92 Å². The molecule has 2 atom stereocenters. The van der Waals surface area contributed by atoms with Gasteiger partial charge in [0.25, 0.3) is 0 Å². The number of alkyl carbamates (subject to hydrolysis) is 1. The van der Waals surface area contributed by atoms with Crippen molar-refractivity contribution in [2.24, 2.45) is 5.92 Å². The number of ether oxygens (including phenoxy) is 3. The van der Waals surface area contributed by atoms with Crippen LogP contribution in [0.2, 0.25) is 0 Å². The molecule has 36 heavy (non-hydrogen) atoms. The van der Waals surface area contributed by atoms with Gasteiger partial charge in [-0.2, -0.15) is 0 Å². The third-order valence-electron chi connectivity index (χ3n) is 5.85. The highest BCUT2D eigenvalue weighted by atomic mass is 16.6. The van der Waals surface area contributed by atoms with Gasteiger partial charge in [-0.1, -0.05) is 54.6 Å². The number of cyclic esters (lactones) is 1. The van der Waals surface area contributed by atoms with Gasteiger partial charge in [0.2, 0.25) is 0 Å². The zero-order chi connectivity index (χ0) is 25.5. The number of hydrogen-bond donors (Lipinski definition) is 1. The van der Waals surface area contributed by atoms with Crippen LogP contribution in [0.25, 0.3) is 0 Å². The van der Waals surface area contributed by atoms with E-state index < -0.39 is 17.7 Å². The van der Waals surface area contributed by atoms with E-state index in [0.717, 1.165) is 16.7 Å². The van der Waals surface area contributed by atoms with E-state index in [1.54, 1.807) is 0 Å². The standard InChI is InChI=1S/C30H33NO5/c1-30(2,3)36-29(33)31-26(18-21-10-6-4-7-11-21)25-17-22(16-23-19-28(32)34-20-23)14-15-27(25)35-24-12-8-5-9-13-24/h4-15,17,23,26H,16,18-20H2,1-3H3,(H,31,33)/t23-,26-/m0/s1. The van der Waals surface area contributed by atoms with Gasteiger partial charge >= 0.3 is 12.1 Å². The Morgan fingerprint density at radius 3 is 2.33 bits per heavy atom. The quantitative estimate of drug-likeness (QED) is 0.373. The number of esters is 1. The van der Waals surface area contributed by atoms with E-state index in [9.17, 15) is 9.59 Å². The average molecular weight is 488 g/mol. The molecule has 0 bridgehead atoms. The Morgan fingerprint density at radius 2 is 1.69 bits per heavy atom. The molecule has 0 aliphatic carbocycles. The Bertz CT molecular complexity index is 1170. The highest BCUT2D eigenvalue weighted by Gasteiger charge is 2.27. The molecule has 3 aromatic rings. The molecule has 1 aliphatic rings. The van der Waals surface area contributed by atoms with Crippen LogP contribution < -0.4 is 10.1 Å². The van der Waals surface area contributed by atoms with Crippen LogP contribution in [0.1, 0.15) is 49.9 Å². The third kappa shape index (κ3) is 7.35. The van der Waals surface area contributed by atoms with Crippen molar-refractivity contribution in [3.8, 4) is 11.5 Å². The first kappa shape index (κ1) is 25.3. The van der Waals surface area contributed by atoms with Crippen molar-refractivity contribution in [3.63, 3.8) is 0 Å². The predicted octanol–water partition coefficient (Wildman–Crippen LogP) is 6.39. The maximum atomic E-state index is 12.9. The first-order valence-electron chi connectivity index (χ1n) is 12.3. The van der Waals surface area contributed by atoms with E-state index in [-0.39, 0.29) is 11.9 Å². The van der Waals surface area contributed by atoms with Crippen LogP contribution in [-0.4, -0.2) is 24.3 Å². The molecule has 1 aliphatic heterocycles. The number of hydrogen-bond acceptors (Lipinski definition) is 5. The highest BCUT2D eigenvalue weighted by Crippen LogP contribution is 2.34. The number of carbonyl (C=O) groups excluding carboxylic acids is 2. The van der Waals surface area contributed by atoms with E-state index in [1.807, 2.05) is 93.6 Å². The minimum absolute atomic E-state index is 0.137. The van der Waals surface area contributed by atoms with Gasteiger partial charge in [0.1, 0.15) is 17.1 Å². The molecular weight excluding hydrogens is 454 g/mol. The molecular formula is C30H33NO5. The number of carbonyl (C=O) groups is 2. The number of para-hydroxylation sites is 1. The number of benzene rings is 3. The van der Waals surface area contributed by atoms with Crippen molar-refractivity contribution < 1.29 is 23.8 Å². The lowest BCUT2D eigenvalue weighted by molar-refractivity contribution is -0.137. The second-order valence-electron chi connectivity index (χ2n) is 10.1. The zero-order valence-electron chi connectivity index (χ0n) is 21.0. The fourth-order valence-corrected chi connectivity index (χ4v) is 4.27. The molecule has 0 spiro atoms. The van der Waals surface area contributed by atoms with Gasteiger partial charge in [-0.3, -0.25) is 4.79 Å². The summed E-state index contributed by atoms with van der Waals surface area (Å²) in [6.45, 7) is 5.96. The van der Waals surface area contributed by atoms with Gasteiger partial charge in [-0.05, 0) is 69.0 Å². The lowest BCUT2D eigenvalue weighted by Gasteiger charge is -2.26. The number of rotatable bonds is 8. The lowest BCUT2D eigenvalue weighted by atomic mass is 9.92. The molecule has 1 heterocycles. The molecule has 0 saturated carbocycles. The molecule has 1 N–H and O–H groups in total. The number of nitrogens with one attached hydrogen (secondary N) is 1. The summed E-state index contributed by atoms with van der Waals surface area (Å²) in [4.78, 5) is 24.5. The van der Waals surface area contributed by atoms with Crippen LogP contribution in [-0.2, 0) is 27.1 Å². The predicted molar refractivity (Wildman–Crippen MR) is 138 cm³/mol. The van der Waals surface area contributed by atoms with E-state index in [4.69, 9.17) is 14.2 Å². The molecule has 1 amide bonds. The van der Waals surface area contributed by atoms with Gasteiger partial charge in [-0.25, -0.2) is 4.79 Å². The second-order valence-corrected chi connectivity index (χ2v) is 10.1. The van der Waals surface area contributed by atoms with Crippen LogP contribution in [0.15, 0.2) is 78.9 Å². The van der Waals surface area contributed by atoms with E-state index in [0.29, 0.717) is 37.4 Å². The Kier molecular flexibility index (Phi) is 7.93. The third-order valence-corrected chi connectivity index (χ3v) is 5.85. The lowest BCUT2D eigenvalue weighted by Crippen LogP contribution is -2.36. The maximum absolute atomic E-state index is 12.9. The van der Waals surface area contributed by atoms with Gasteiger partial charge in [0, 0.05) is 11.5 Å². The van der Waals surface area contributed by atoms with E-state index in [2.05, 4.69) is 11.4 Å². The normalized spacial score (nSPS) is 16.2. The summed E-state index contributed by atoms with van der Waals surface area (Å²) in [5.74, 6) is 1.34. The fourth-order valence-electron chi connectivity index (χ4n) is 4.27. The first-order chi connectivity index (χ1) is 17.2. The largest absolute Gasteiger partial charge is 0.465 e. The number of amides is 1. The molecule has 6 nitrogen and oxygen atoms in total. The molecule has 3 aromatic carbocycles. The second kappa shape index (κ2) is 11.3. The van der Waals surface area contributed by atoms with Crippen molar-refractivity contribution in [2.45, 2.75) is 51.7 Å². The highest BCUT2D eigenvalue weighted by molar-refractivity contribution is 5.71. The Morgan fingerprint density at radius 1 is 1.00 bits per heavy atom. The monoisotopic (exact) mass is 487 g/mol. The summed E-state index contributed by atoms with van der Waals surface area (Å²) in [6.07, 6.45) is 1.18. The van der Waals surface area contributed by atoms with Crippen molar-refractivity contribution in [3.05, 3.63) is 95.6 Å². The summed E-state index contributed by atoms with van der Waals surface area (Å²) in [5, 5.41) is 3.07. The van der Waals surface area contributed by atoms with Crippen molar-refractivity contribution in [1.82, 2.24) is 5.32 Å². The minimum atomic E-state index is -0.623. The molecule has 0 unspecified atom stereocenters. The smallest absolute Gasteiger partial charge is 0.408 e. The van der Waals surface area contributed by atoms with Crippen molar-refractivity contribution >= 4 is 12.1 Å². The van der Waals surface area contributed by atoms with Crippen molar-refractivity contribution in [1.29, 1.82) is 0 Å². The Labute approximate surface area is 212 Å². The molecule has 1 fully saturated rings. The average Bonchev–Trinajstić information content (AvgIpc) is 3.24. The van der Waals surface area contributed by atoms with Crippen LogP contribution in [0.4, 0.5) is 4.79 Å².